The zero-order valence-electron chi connectivity index (χ0n) is 13.5. The summed E-state index contributed by atoms with van der Waals surface area (Å²) in [4.78, 5) is 4.48. The Kier molecular flexibility index (Phi) is 4.33. The highest BCUT2D eigenvalue weighted by molar-refractivity contribution is 5.57. The Labute approximate surface area is 140 Å². The lowest BCUT2D eigenvalue weighted by atomic mass is 10.0. The van der Waals surface area contributed by atoms with E-state index in [0.717, 1.165) is 49.7 Å². The molecule has 0 amide bonds. The van der Waals surface area contributed by atoms with Crippen LogP contribution < -0.4 is 0 Å². The molecule has 0 atom stereocenters. The first-order valence-corrected chi connectivity index (χ1v) is 8.28. The summed E-state index contributed by atoms with van der Waals surface area (Å²) in [5, 5.41) is 12.2. The van der Waals surface area contributed by atoms with Gasteiger partial charge in [-0.3, -0.25) is 0 Å². The molecule has 7 heteroatoms. The maximum absolute atomic E-state index is 5.42. The SMILES string of the molecule is c1ccc(-c2cn(Cc3nnnn3CC3CCOCC3)cn2)cc1. The topological polar surface area (TPSA) is 70.7 Å². The Morgan fingerprint density at radius 3 is 2.79 bits per heavy atom. The number of nitrogens with zero attached hydrogens (tertiary/aromatic N) is 6. The van der Waals surface area contributed by atoms with Gasteiger partial charge in [-0.05, 0) is 29.2 Å². The van der Waals surface area contributed by atoms with E-state index in [0.29, 0.717) is 12.5 Å². The van der Waals surface area contributed by atoms with Gasteiger partial charge < -0.3 is 9.30 Å². The molecule has 1 fully saturated rings. The molecule has 3 heterocycles. The molecular weight excluding hydrogens is 304 g/mol. The molecule has 3 aromatic rings. The smallest absolute Gasteiger partial charge is 0.171 e. The highest BCUT2D eigenvalue weighted by atomic mass is 16.5. The Morgan fingerprint density at radius 2 is 1.96 bits per heavy atom. The van der Waals surface area contributed by atoms with Crippen LogP contribution >= 0.6 is 0 Å². The van der Waals surface area contributed by atoms with E-state index in [1.54, 1.807) is 0 Å². The summed E-state index contributed by atoms with van der Waals surface area (Å²) in [5.41, 5.74) is 2.07. The van der Waals surface area contributed by atoms with Crippen LogP contribution in [0.25, 0.3) is 11.3 Å². The van der Waals surface area contributed by atoms with E-state index < -0.39 is 0 Å². The highest BCUT2D eigenvalue weighted by Crippen LogP contribution is 2.18. The van der Waals surface area contributed by atoms with Gasteiger partial charge in [0, 0.05) is 31.5 Å². The van der Waals surface area contributed by atoms with Gasteiger partial charge in [0.2, 0.25) is 0 Å². The number of benzene rings is 1. The first kappa shape index (κ1) is 15.0. The molecule has 0 aliphatic carbocycles. The van der Waals surface area contributed by atoms with E-state index in [9.17, 15) is 0 Å². The number of aromatic nitrogens is 6. The van der Waals surface area contributed by atoms with E-state index in [1.165, 1.54) is 0 Å². The molecule has 0 unspecified atom stereocenters. The molecule has 1 aliphatic heterocycles. The van der Waals surface area contributed by atoms with Crippen molar-refractivity contribution in [2.45, 2.75) is 25.9 Å². The molecule has 0 saturated carbocycles. The number of tetrazole rings is 1. The summed E-state index contributed by atoms with van der Waals surface area (Å²) >= 11 is 0. The lowest BCUT2D eigenvalue weighted by Gasteiger charge is -2.21. The zero-order chi connectivity index (χ0) is 16.2. The van der Waals surface area contributed by atoms with Crippen molar-refractivity contribution in [3.05, 3.63) is 48.7 Å². The molecule has 24 heavy (non-hydrogen) atoms. The molecule has 124 valence electrons. The van der Waals surface area contributed by atoms with Gasteiger partial charge in [0.15, 0.2) is 5.82 Å². The molecule has 1 aliphatic rings. The van der Waals surface area contributed by atoms with Crippen molar-refractivity contribution >= 4 is 0 Å². The number of hydrogen-bond donors (Lipinski definition) is 0. The quantitative estimate of drug-likeness (QED) is 0.718. The molecular formula is C17H20N6O. The van der Waals surface area contributed by atoms with E-state index in [4.69, 9.17) is 4.74 Å². The number of ether oxygens (including phenoxy) is 1. The summed E-state index contributed by atoms with van der Waals surface area (Å²) in [5.74, 6) is 1.45. The minimum absolute atomic E-state index is 0.587. The first-order valence-electron chi connectivity index (χ1n) is 8.28. The van der Waals surface area contributed by atoms with Crippen LogP contribution in [-0.4, -0.2) is 43.0 Å². The Hall–Kier alpha value is -2.54. The average Bonchev–Trinajstić information content (AvgIpc) is 3.27. The van der Waals surface area contributed by atoms with Crippen molar-refractivity contribution in [3.8, 4) is 11.3 Å². The lowest BCUT2D eigenvalue weighted by molar-refractivity contribution is 0.0596. The summed E-state index contributed by atoms with van der Waals surface area (Å²) < 4.78 is 9.35. The molecule has 1 saturated heterocycles. The molecule has 0 radical (unpaired) electrons. The Morgan fingerprint density at radius 1 is 1.12 bits per heavy atom. The molecule has 0 spiro atoms. The molecule has 1 aromatic carbocycles. The predicted molar refractivity (Wildman–Crippen MR) is 88.1 cm³/mol. The van der Waals surface area contributed by atoms with Crippen LogP contribution in [0.15, 0.2) is 42.9 Å². The van der Waals surface area contributed by atoms with Crippen molar-refractivity contribution in [3.63, 3.8) is 0 Å². The van der Waals surface area contributed by atoms with Gasteiger partial charge in [0.05, 0.1) is 18.6 Å². The minimum Gasteiger partial charge on any atom is -0.381 e. The second-order valence-corrected chi connectivity index (χ2v) is 6.13. The van der Waals surface area contributed by atoms with Crippen LogP contribution in [0.3, 0.4) is 0 Å². The van der Waals surface area contributed by atoms with Crippen molar-refractivity contribution in [2.75, 3.05) is 13.2 Å². The van der Waals surface area contributed by atoms with Gasteiger partial charge in [-0.2, -0.15) is 0 Å². The van der Waals surface area contributed by atoms with Crippen molar-refractivity contribution in [1.82, 2.24) is 29.8 Å². The molecule has 4 rings (SSSR count). The van der Waals surface area contributed by atoms with Crippen molar-refractivity contribution in [1.29, 1.82) is 0 Å². The van der Waals surface area contributed by atoms with Gasteiger partial charge in [-0.25, -0.2) is 9.67 Å². The molecule has 7 nitrogen and oxygen atoms in total. The Bertz CT molecular complexity index is 775. The van der Waals surface area contributed by atoms with E-state index >= 15 is 0 Å². The fourth-order valence-electron chi connectivity index (χ4n) is 3.02. The zero-order valence-corrected chi connectivity index (χ0v) is 13.5. The van der Waals surface area contributed by atoms with Crippen molar-refractivity contribution in [2.24, 2.45) is 5.92 Å². The summed E-state index contributed by atoms with van der Waals surface area (Å²) in [6, 6.07) is 10.2. The second-order valence-electron chi connectivity index (χ2n) is 6.13. The second kappa shape index (κ2) is 6.92. The normalized spacial score (nSPS) is 15.7. The fraction of sp³-hybridized carbons (Fsp3) is 0.412. The van der Waals surface area contributed by atoms with Crippen LogP contribution in [0, 0.1) is 5.92 Å². The molecule has 2 aromatic heterocycles. The lowest BCUT2D eigenvalue weighted by Crippen LogP contribution is -2.22. The minimum atomic E-state index is 0.587. The molecule has 0 bridgehead atoms. The van der Waals surface area contributed by atoms with E-state index in [-0.39, 0.29) is 0 Å². The standard InChI is InChI=1S/C17H20N6O/c1-2-4-15(5-3-1)16-11-22(13-18-16)12-17-19-20-21-23(17)10-14-6-8-24-9-7-14/h1-5,11,13-14H,6-10,12H2. The third-order valence-corrected chi connectivity index (χ3v) is 4.40. The average molecular weight is 324 g/mol. The summed E-state index contributed by atoms with van der Waals surface area (Å²) in [6.45, 7) is 3.15. The van der Waals surface area contributed by atoms with Crippen LogP contribution in [-0.2, 0) is 17.8 Å². The van der Waals surface area contributed by atoms with E-state index in [1.807, 2.05) is 40.0 Å². The maximum atomic E-state index is 5.42. The van der Waals surface area contributed by atoms with Crippen LogP contribution in [0.2, 0.25) is 0 Å². The van der Waals surface area contributed by atoms with Crippen molar-refractivity contribution < 1.29 is 4.74 Å². The number of imidazole rings is 1. The summed E-state index contributed by atoms with van der Waals surface area (Å²) in [7, 11) is 0. The van der Waals surface area contributed by atoms with Crippen LogP contribution in [0.5, 0.6) is 0 Å². The monoisotopic (exact) mass is 324 g/mol. The van der Waals surface area contributed by atoms with Crippen LogP contribution in [0.1, 0.15) is 18.7 Å². The van der Waals surface area contributed by atoms with E-state index in [2.05, 4.69) is 32.6 Å². The van der Waals surface area contributed by atoms with Gasteiger partial charge in [0.25, 0.3) is 0 Å². The largest absolute Gasteiger partial charge is 0.381 e. The first-order chi connectivity index (χ1) is 11.9. The van der Waals surface area contributed by atoms with Gasteiger partial charge >= 0.3 is 0 Å². The van der Waals surface area contributed by atoms with Gasteiger partial charge in [-0.1, -0.05) is 30.3 Å². The third-order valence-electron chi connectivity index (χ3n) is 4.40. The summed E-state index contributed by atoms with van der Waals surface area (Å²) in [6.07, 6.45) is 6.00. The predicted octanol–water partition coefficient (Wildman–Crippen LogP) is 2.01. The highest BCUT2D eigenvalue weighted by Gasteiger charge is 2.17. The maximum Gasteiger partial charge on any atom is 0.171 e. The van der Waals surface area contributed by atoms with Crippen LogP contribution in [0.4, 0.5) is 0 Å². The fourth-order valence-corrected chi connectivity index (χ4v) is 3.02. The number of rotatable bonds is 5. The molecule has 0 N–H and O–H groups in total. The Balaban J connectivity index is 1.46. The number of hydrogen-bond acceptors (Lipinski definition) is 5. The third kappa shape index (κ3) is 3.35. The van der Waals surface area contributed by atoms with Gasteiger partial charge in [0.1, 0.15) is 0 Å². The van der Waals surface area contributed by atoms with Gasteiger partial charge in [-0.15, -0.1) is 5.10 Å².